The summed E-state index contributed by atoms with van der Waals surface area (Å²) in [7, 11) is 1.53. The lowest BCUT2D eigenvalue weighted by Crippen LogP contribution is -2.78. The van der Waals surface area contributed by atoms with Crippen LogP contribution in [0.25, 0.3) is 0 Å². The Labute approximate surface area is 369 Å². The maximum Gasteiger partial charge on any atom is 0.408 e. The number of alkyl carbamates (subject to hydrolysis) is 1. The van der Waals surface area contributed by atoms with E-state index in [0.29, 0.717) is 42.4 Å². The van der Waals surface area contributed by atoms with Crippen molar-refractivity contribution >= 4 is 29.8 Å². The lowest BCUT2D eigenvalue weighted by atomic mass is 9.40. The van der Waals surface area contributed by atoms with Gasteiger partial charge in [0.05, 0.1) is 29.0 Å². The summed E-state index contributed by atoms with van der Waals surface area (Å²) in [6, 6.07) is 15.5. The highest BCUT2D eigenvalue weighted by atomic mass is 16.6. The average Bonchev–Trinajstić information content (AvgIpc) is 3.23. The third-order valence-corrected chi connectivity index (χ3v) is 15.3. The predicted molar refractivity (Wildman–Crippen MR) is 231 cm³/mol. The Balaban J connectivity index is 1.30. The first-order chi connectivity index (χ1) is 29.9. The minimum absolute atomic E-state index is 0.200. The minimum atomic E-state index is -2.09. The second-order valence-corrected chi connectivity index (χ2v) is 19.0. The van der Waals surface area contributed by atoms with Crippen molar-refractivity contribution in [2.75, 3.05) is 7.11 Å². The highest BCUT2D eigenvalue weighted by Crippen LogP contribution is 2.68. The van der Waals surface area contributed by atoms with Crippen LogP contribution in [0, 0.1) is 28.6 Å². The molecule has 13 heteroatoms. The fourth-order valence-corrected chi connectivity index (χ4v) is 12.0. The Morgan fingerprint density at radius 3 is 2.22 bits per heavy atom. The van der Waals surface area contributed by atoms with Crippen molar-refractivity contribution < 1.29 is 57.9 Å². The van der Waals surface area contributed by atoms with E-state index >= 15 is 4.79 Å². The zero-order valence-corrected chi connectivity index (χ0v) is 37.5. The summed E-state index contributed by atoms with van der Waals surface area (Å²) in [5.41, 5.74) is -4.58. The topological polar surface area (TPSA) is 184 Å². The molecular weight excluding hydrogens is 807 g/mol. The summed E-state index contributed by atoms with van der Waals surface area (Å²) >= 11 is 0. The fourth-order valence-electron chi connectivity index (χ4n) is 12.0. The molecule has 0 spiro atoms. The lowest BCUT2D eigenvalue weighted by molar-refractivity contribution is -0.297. The largest absolute Gasteiger partial charge is 0.458 e. The summed E-state index contributed by atoms with van der Waals surface area (Å²) < 4.78 is 31.1. The van der Waals surface area contributed by atoms with Crippen molar-refractivity contribution in [1.29, 1.82) is 0 Å². The van der Waals surface area contributed by atoms with Crippen molar-refractivity contribution in [2.45, 2.75) is 147 Å². The Morgan fingerprint density at radius 1 is 0.905 bits per heavy atom. The third kappa shape index (κ3) is 8.14. The smallest absolute Gasteiger partial charge is 0.408 e. The summed E-state index contributed by atoms with van der Waals surface area (Å²) in [6.45, 7) is 10.1. The van der Waals surface area contributed by atoms with E-state index in [1.807, 2.05) is 12.2 Å². The number of carbonyl (C=O) groups excluding carboxylic acids is 5. The van der Waals surface area contributed by atoms with Crippen molar-refractivity contribution in [3.63, 3.8) is 0 Å². The van der Waals surface area contributed by atoms with E-state index in [1.54, 1.807) is 95.3 Å². The number of ketones is 1. The molecule has 2 aromatic rings. The number of amides is 1. The minimum Gasteiger partial charge on any atom is -0.458 e. The first-order valence-electron chi connectivity index (χ1n) is 22.4. The number of allylic oxidation sites excluding steroid dienone is 1. The number of esters is 3. The van der Waals surface area contributed by atoms with Gasteiger partial charge >= 0.3 is 24.0 Å². The van der Waals surface area contributed by atoms with E-state index < -0.39 is 94.4 Å². The van der Waals surface area contributed by atoms with E-state index in [-0.39, 0.29) is 23.7 Å². The van der Waals surface area contributed by atoms with Gasteiger partial charge in [0.2, 0.25) is 0 Å². The van der Waals surface area contributed by atoms with Crippen LogP contribution < -0.4 is 5.32 Å². The normalized spacial score (nSPS) is 34.9. The Hall–Kier alpha value is -4.85. The van der Waals surface area contributed by atoms with Crippen molar-refractivity contribution in [3.05, 3.63) is 95.1 Å². The molecule has 5 aliphatic carbocycles. The molecule has 3 fully saturated rings. The molecule has 5 aliphatic rings. The Morgan fingerprint density at radius 2 is 1.59 bits per heavy atom. The molecule has 2 bridgehead atoms. The maximum absolute atomic E-state index is 15.6. The number of aliphatic hydroxyl groups is 2. The van der Waals surface area contributed by atoms with E-state index in [4.69, 9.17) is 23.7 Å². The molecule has 3 unspecified atom stereocenters. The standard InChI is InChI=1S/C50H63NO12/c1-29-36(61-45(56)40(53)39(32-19-13-11-14-20-32)51-46(57)60-35-23-17-9-8-10-18-24-35)28-50(58)43(62-44(55)33-21-15-12-16-22-33)41-48(6,42(54)30(2)38(29)47(50,4)5)37(59-7)27-34-25-26-49(34,41)63-31(3)52/h11-17,19-23,30,34-37,39-41,43,53,58H,8-10,18,24-28H2,1-7H3,(H,51,57)/b23-17+/t30-,34-,35?,36+,37+,39+,40-,41?,43?,48-,49+,50-/m1/s1. The number of ether oxygens (including phenoxy) is 5. The monoisotopic (exact) mass is 869 g/mol. The molecule has 3 saturated carbocycles. The van der Waals surface area contributed by atoms with Crippen LogP contribution in [-0.4, -0.2) is 88.8 Å². The SMILES string of the molecule is CO[C@H]1C[C@H]2CC[C@@]2(OC(C)=O)C2C(OC(=O)c3ccccc3)[C@]3(O)C[C@H](OC(=O)[C@H](O)[C@@H](NC(=O)OC4/C=C/CCCCC4)c4ccccc4)C(C)=C([C@@H](C)C(=O)[C@@]21C)C3(C)C. The molecular formula is C50H63NO12. The van der Waals surface area contributed by atoms with Crippen LogP contribution in [0.5, 0.6) is 0 Å². The van der Waals surface area contributed by atoms with Crippen LogP contribution >= 0.6 is 0 Å². The first kappa shape index (κ1) is 46.2. The quantitative estimate of drug-likeness (QED) is 0.123. The molecule has 0 heterocycles. The maximum atomic E-state index is 15.6. The van der Waals surface area contributed by atoms with Gasteiger partial charge < -0.3 is 39.2 Å². The van der Waals surface area contributed by atoms with E-state index in [1.165, 1.54) is 14.0 Å². The number of Topliss-reactive ketones (excluding diaryl/α,β-unsaturated/α-hetero) is 1. The zero-order valence-electron chi connectivity index (χ0n) is 37.5. The van der Waals surface area contributed by atoms with Gasteiger partial charge in [-0.1, -0.05) is 81.8 Å². The van der Waals surface area contributed by atoms with Crippen LogP contribution in [0.4, 0.5) is 4.79 Å². The summed E-state index contributed by atoms with van der Waals surface area (Å²) in [6.07, 6.45) is 2.67. The zero-order chi connectivity index (χ0) is 45.5. The molecule has 2 aromatic carbocycles. The van der Waals surface area contributed by atoms with Crippen LogP contribution in [0.15, 0.2) is 84.0 Å². The molecule has 1 amide bonds. The number of methoxy groups -OCH3 is 1. The van der Waals surface area contributed by atoms with Gasteiger partial charge in [-0.2, -0.15) is 0 Å². The molecule has 0 radical (unpaired) electrons. The van der Waals surface area contributed by atoms with Gasteiger partial charge in [0.15, 0.2) is 6.10 Å². The van der Waals surface area contributed by atoms with E-state index in [0.717, 1.165) is 25.7 Å². The number of aliphatic hydroxyl groups excluding tert-OH is 1. The molecule has 7 rings (SSSR count). The number of rotatable bonds is 10. The van der Waals surface area contributed by atoms with Gasteiger partial charge in [0.1, 0.15) is 35.3 Å². The van der Waals surface area contributed by atoms with E-state index in [9.17, 15) is 29.4 Å². The van der Waals surface area contributed by atoms with Crippen LogP contribution in [-0.2, 0) is 38.1 Å². The Kier molecular flexibility index (Phi) is 13.2. The van der Waals surface area contributed by atoms with E-state index in [2.05, 4.69) is 5.32 Å². The van der Waals surface area contributed by atoms with Crippen molar-refractivity contribution in [3.8, 4) is 0 Å². The number of carbonyl (C=O) groups is 5. The number of fused-ring (bicyclic) bond motifs is 5. The molecule has 0 aromatic heterocycles. The highest BCUT2D eigenvalue weighted by molar-refractivity contribution is 5.92. The van der Waals surface area contributed by atoms with Gasteiger partial charge in [0.25, 0.3) is 0 Å². The van der Waals surface area contributed by atoms with Gasteiger partial charge in [0, 0.05) is 37.7 Å². The van der Waals surface area contributed by atoms with Gasteiger partial charge in [-0.25, -0.2) is 14.4 Å². The molecule has 12 atom stereocenters. The third-order valence-electron chi connectivity index (χ3n) is 15.3. The van der Waals surface area contributed by atoms with Crippen LogP contribution in [0.1, 0.15) is 121 Å². The highest BCUT2D eigenvalue weighted by Gasteiger charge is 2.77. The van der Waals surface area contributed by atoms with Crippen molar-refractivity contribution in [2.24, 2.45) is 28.6 Å². The number of hydrogen-bond acceptors (Lipinski definition) is 12. The summed E-state index contributed by atoms with van der Waals surface area (Å²) in [5.74, 6) is -4.99. The fraction of sp³-hybridized carbons (Fsp3) is 0.580. The lowest BCUT2D eigenvalue weighted by Gasteiger charge is -2.68. The second kappa shape index (κ2) is 18.0. The molecule has 13 nitrogen and oxygen atoms in total. The van der Waals surface area contributed by atoms with Crippen LogP contribution in [0.2, 0.25) is 0 Å². The van der Waals surface area contributed by atoms with Crippen molar-refractivity contribution in [1.82, 2.24) is 5.32 Å². The number of hydrogen-bond donors (Lipinski definition) is 3. The molecule has 340 valence electrons. The van der Waals surface area contributed by atoms with Gasteiger partial charge in [-0.15, -0.1) is 0 Å². The summed E-state index contributed by atoms with van der Waals surface area (Å²) in [5, 5.41) is 28.3. The molecule has 3 N–H and O–H groups in total. The molecule has 63 heavy (non-hydrogen) atoms. The first-order valence-corrected chi connectivity index (χ1v) is 22.4. The average molecular weight is 870 g/mol. The van der Waals surface area contributed by atoms with Gasteiger partial charge in [-0.3, -0.25) is 9.59 Å². The second-order valence-electron chi connectivity index (χ2n) is 19.0. The molecule has 0 aliphatic heterocycles. The van der Waals surface area contributed by atoms with Crippen LogP contribution in [0.3, 0.4) is 0 Å². The Bertz CT molecular complexity index is 2120. The number of nitrogens with one attached hydrogen (secondary N) is 1. The predicted octanol–water partition coefficient (Wildman–Crippen LogP) is 7.29. The summed E-state index contributed by atoms with van der Waals surface area (Å²) in [4.78, 5) is 70.8. The number of benzene rings is 2. The van der Waals surface area contributed by atoms with Gasteiger partial charge in [-0.05, 0) is 93.7 Å². The molecule has 0 saturated heterocycles.